The summed E-state index contributed by atoms with van der Waals surface area (Å²) in [6.45, 7) is 1.78. The van der Waals surface area contributed by atoms with Crippen molar-refractivity contribution < 1.29 is 9.59 Å². The van der Waals surface area contributed by atoms with Crippen LogP contribution in [0.3, 0.4) is 0 Å². The van der Waals surface area contributed by atoms with Crippen molar-refractivity contribution in [3.63, 3.8) is 0 Å². The second-order valence-electron chi connectivity index (χ2n) is 5.32. The molecule has 2 aliphatic rings. The van der Waals surface area contributed by atoms with Crippen LogP contribution in [0.1, 0.15) is 12.5 Å². The monoisotopic (exact) mass is 264 g/mol. The predicted molar refractivity (Wildman–Crippen MR) is 78.1 cm³/mol. The summed E-state index contributed by atoms with van der Waals surface area (Å²) in [5.41, 5.74) is 2.36. The van der Waals surface area contributed by atoms with Crippen LogP contribution in [-0.2, 0) is 16.0 Å². The molecule has 2 nitrogen and oxygen atoms in total. The van der Waals surface area contributed by atoms with Gasteiger partial charge in [-0.05, 0) is 18.1 Å². The SMILES string of the molecule is CC1=C(Cc2ccccc2)C(=O)C2C=CC=CC2C1=O. The molecule has 1 aromatic carbocycles. The first-order chi connectivity index (χ1) is 9.68. The molecule has 0 N–H and O–H groups in total. The van der Waals surface area contributed by atoms with Gasteiger partial charge in [-0.15, -0.1) is 0 Å². The molecule has 0 spiro atoms. The zero-order valence-electron chi connectivity index (χ0n) is 11.4. The molecule has 3 rings (SSSR count). The van der Waals surface area contributed by atoms with E-state index in [1.165, 1.54) is 0 Å². The third-order valence-corrected chi connectivity index (χ3v) is 4.08. The van der Waals surface area contributed by atoms with Crippen LogP contribution >= 0.6 is 0 Å². The minimum Gasteiger partial charge on any atom is -0.294 e. The largest absolute Gasteiger partial charge is 0.294 e. The summed E-state index contributed by atoms with van der Waals surface area (Å²) < 4.78 is 0. The molecule has 0 radical (unpaired) electrons. The third-order valence-electron chi connectivity index (χ3n) is 4.08. The number of rotatable bonds is 2. The van der Waals surface area contributed by atoms with Gasteiger partial charge in [0.05, 0.1) is 11.8 Å². The van der Waals surface area contributed by atoms with Crippen LogP contribution in [0.2, 0.25) is 0 Å². The van der Waals surface area contributed by atoms with E-state index in [-0.39, 0.29) is 23.4 Å². The van der Waals surface area contributed by atoms with Crippen LogP contribution in [-0.4, -0.2) is 11.6 Å². The highest BCUT2D eigenvalue weighted by molar-refractivity contribution is 6.15. The Hall–Kier alpha value is -2.22. The normalized spacial score (nSPS) is 25.1. The number of ketones is 2. The Bertz CT molecular complexity index is 647. The van der Waals surface area contributed by atoms with E-state index in [2.05, 4.69) is 0 Å². The van der Waals surface area contributed by atoms with Crippen molar-refractivity contribution in [1.29, 1.82) is 0 Å². The average molecular weight is 264 g/mol. The van der Waals surface area contributed by atoms with Gasteiger partial charge < -0.3 is 0 Å². The minimum atomic E-state index is -0.310. The topological polar surface area (TPSA) is 34.1 Å². The Morgan fingerprint density at radius 1 is 0.900 bits per heavy atom. The van der Waals surface area contributed by atoms with Gasteiger partial charge in [0.1, 0.15) is 0 Å². The van der Waals surface area contributed by atoms with Gasteiger partial charge in [0.2, 0.25) is 0 Å². The van der Waals surface area contributed by atoms with Crippen molar-refractivity contribution in [2.45, 2.75) is 13.3 Å². The number of hydrogen-bond acceptors (Lipinski definition) is 2. The molecule has 0 saturated heterocycles. The highest BCUT2D eigenvalue weighted by Crippen LogP contribution is 2.34. The fourth-order valence-corrected chi connectivity index (χ4v) is 2.91. The molecule has 20 heavy (non-hydrogen) atoms. The maximum absolute atomic E-state index is 12.6. The lowest BCUT2D eigenvalue weighted by Crippen LogP contribution is -2.36. The average Bonchev–Trinajstić information content (AvgIpc) is 2.50. The van der Waals surface area contributed by atoms with Gasteiger partial charge in [-0.3, -0.25) is 9.59 Å². The maximum atomic E-state index is 12.6. The molecule has 2 aliphatic carbocycles. The molecule has 2 heteroatoms. The molecular formula is C18H16O2. The summed E-state index contributed by atoms with van der Waals surface area (Å²) in [6, 6.07) is 9.82. The van der Waals surface area contributed by atoms with Crippen molar-refractivity contribution in [3.05, 3.63) is 71.3 Å². The molecule has 0 fully saturated rings. The van der Waals surface area contributed by atoms with E-state index in [1.807, 2.05) is 54.6 Å². The standard InChI is InChI=1S/C18H16O2/c1-12-16(11-13-7-3-2-4-8-13)18(20)15-10-6-5-9-14(15)17(12)19/h2-10,14-15H,11H2,1H3. The Morgan fingerprint density at radius 2 is 1.50 bits per heavy atom. The molecule has 2 unspecified atom stereocenters. The lowest BCUT2D eigenvalue weighted by Gasteiger charge is -2.29. The number of allylic oxidation sites excluding steroid dienone is 6. The number of carbonyl (C=O) groups excluding carboxylic acids is 2. The zero-order chi connectivity index (χ0) is 14.1. The van der Waals surface area contributed by atoms with E-state index < -0.39 is 0 Å². The second-order valence-corrected chi connectivity index (χ2v) is 5.32. The summed E-state index contributed by atoms with van der Waals surface area (Å²) >= 11 is 0. The first-order valence-electron chi connectivity index (χ1n) is 6.85. The molecule has 0 bridgehead atoms. The number of carbonyl (C=O) groups is 2. The summed E-state index contributed by atoms with van der Waals surface area (Å²) in [5.74, 6) is -0.431. The Kier molecular flexibility index (Phi) is 3.23. The van der Waals surface area contributed by atoms with Gasteiger partial charge in [0.25, 0.3) is 0 Å². The lowest BCUT2D eigenvalue weighted by molar-refractivity contribution is -0.127. The fraction of sp³-hybridized carbons (Fsp3) is 0.222. The molecule has 0 saturated carbocycles. The van der Waals surface area contributed by atoms with E-state index in [9.17, 15) is 9.59 Å². The quantitative estimate of drug-likeness (QED) is 0.822. The van der Waals surface area contributed by atoms with Crippen molar-refractivity contribution in [2.24, 2.45) is 11.8 Å². The van der Waals surface area contributed by atoms with Gasteiger partial charge >= 0.3 is 0 Å². The number of Topliss-reactive ketones (excluding diaryl/α,β-unsaturated/α-hetero) is 2. The summed E-state index contributed by atoms with van der Waals surface area (Å²) in [5, 5.41) is 0. The smallest absolute Gasteiger partial charge is 0.167 e. The molecule has 2 atom stereocenters. The maximum Gasteiger partial charge on any atom is 0.167 e. The number of benzene rings is 1. The third kappa shape index (κ3) is 2.07. The van der Waals surface area contributed by atoms with Gasteiger partial charge in [0, 0.05) is 12.0 Å². The molecule has 1 aromatic rings. The van der Waals surface area contributed by atoms with Crippen LogP contribution in [0.15, 0.2) is 65.8 Å². The molecule has 0 aliphatic heterocycles. The molecule has 0 amide bonds. The highest BCUT2D eigenvalue weighted by Gasteiger charge is 2.39. The van der Waals surface area contributed by atoms with Crippen molar-refractivity contribution in [3.8, 4) is 0 Å². The predicted octanol–water partition coefficient (Wildman–Crippen LogP) is 3.06. The summed E-state index contributed by atoms with van der Waals surface area (Å²) in [4.78, 5) is 25.0. The van der Waals surface area contributed by atoms with E-state index in [0.29, 0.717) is 17.6 Å². The summed E-state index contributed by atoms with van der Waals surface area (Å²) in [7, 11) is 0. The first kappa shape index (κ1) is 12.8. The number of fused-ring (bicyclic) bond motifs is 1. The van der Waals surface area contributed by atoms with Crippen LogP contribution in [0.25, 0.3) is 0 Å². The minimum absolute atomic E-state index is 0.0844. The Morgan fingerprint density at radius 3 is 2.15 bits per heavy atom. The Balaban J connectivity index is 1.99. The van der Waals surface area contributed by atoms with Crippen molar-refractivity contribution in [2.75, 3.05) is 0 Å². The fourth-order valence-electron chi connectivity index (χ4n) is 2.91. The highest BCUT2D eigenvalue weighted by atomic mass is 16.1. The van der Waals surface area contributed by atoms with Gasteiger partial charge in [-0.2, -0.15) is 0 Å². The van der Waals surface area contributed by atoms with E-state index in [4.69, 9.17) is 0 Å². The second kappa shape index (κ2) is 5.04. The summed E-state index contributed by atoms with van der Waals surface area (Å²) in [6.07, 6.45) is 7.93. The zero-order valence-corrected chi connectivity index (χ0v) is 11.4. The van der Waals surface area contributed by atoms with E-state index in [1.54, 1.807) is 6.92 Å². The van der Waals surface area contributed by atoms with Crippen molar-refractivity contribution >= 4 is 11.6 Å². The van der Waals surface area contributed by atoms with Crippen molar-refractivity contribution in [1.82, 2.24) is 0 Å². The Labute approximate surface area is 118 Å². The lowest BCUT2D eigenvalue weighted by atomic mass is 9.71. The molecule has 0 aromatic heterocycles. The van der Waals surface area contributed by atoms with Gasteiger partial charge in [-0.1, -0.05) is 54.6 Å². The van der Waals surface area contributed by atoms with Gasteiger partial charge in [-0.25, -0.2) is 0 Å². The first-order valence-corrected chi connectivity index (χ1v) is 6.85. The van der Waals surface area contributed by atoms with Crippen LogP contribution < -0.4 is 0 Å². The van der Waals surface area contributed by atoms with E-state index >= 15 is 0 Å². The van der Waals surface area contributed by atoms with Crippen LogP contribution in [0.4, 0.5) is 0 Å². The molecule has 100 valence electrons. The molecular weight excluding hydrogens is 248 g/mol. The van der Waals surface area contributed by atoms with Crippen LogP contribution in [0.5, 0.6) is 0 Å². The number of hydrogen-bond donors (Lipinski definition) is 0. The van der Waals surface area contributed by atoms with Crippen LogP contribution in [0, 0.1) is 11.8 Å². The van der Waals surface area contributed by atoms with E-state index in [0.717, 1.165) is 5.56 Å². The van der Waals surface area contributed by atoms with Gasteiger partial charge in [0.15, 0.2) is 11.6 Å². The molecule has 0 heterocycles.